The highest BCUT2D eigenvalue weighted by Crippen LogP contribution is 2.36. The summed E-state index contributed by atoms with van der Waals surface area (Å²) in [6.07, 6.45) is -4.28. The maximum absolute atomic E-state index is 12.7. The smallest absolute Gasteiger partial charge is 0.312 e. The number of alkyl halides is 3. The molecule has 1 heterocycles. The zero-order valence-electron chi connectivity index (χ0n) is 10.5. The molecule has 1 fully saturated rings. The van der Waals surface area contributed by atoms with E-state index in [4.69, 9.17) is 0 Å². The zero-order valence-corrected chi connectivity index (χ0v) is 12.2. The quantitative estimate of drug-likeness (QED) is 0.912. The molecular formula is C13H16F3NS2. The van der Waals surface area contributed by atoms with Crippen LogP contribution in [-0.2, 0) is 6.18 Å². The lowest BCUT2D eigenvalue weighted by Gasteiger charge is -2.30. The van der Waals surface area contributed by atoms with Gasteiger partial charge in [0.25, 0.3) is 0 Å². The van der Waals surface area contributed by atoms with Crippen molar-refractivity contribution in [1.29, 1.82) is 0 Å². The van der Waals surface area contributed by atoms with Gasteiger partial charge in [0.2, 0.25) is 0 Å². The molecule has 0 radical (unpaired) electrons. The molecule has 1 aliphatic heterocycles. The Balaban J connectivity index is 2.22. The number of hydrogen-bond acceptors (Lipinski definition) is 3. The van der Waals surface area contributed by atoms with Gasteiger partial charge in [-0.05, 0) is 24.7 Å². The lowest BCUT2D eigenvalue weighted by molar-refractivity contribution is -0.137. The second-order valence-corrected chi connectivity index (χ2v) is 6.87. The third kappa shape index (κ3) is 3.83. The molecule has 1 aromatic carbocycles. The number of nitrogens with one attached hydrogen (secondary N) is 1. The van der Waals surface area contributed by atoms with Gasteiger partial charge in [-0.1, -0.05) is 12.1 Å². The second kappa shape index (κ2) is 6.41. The summed E-state index contributed by atoms with van der Waals surface area (Å²) in [6, 6.07) is 5.62. The van der Waals surface area contributed by atoms with E-state index >= 15 is 0 Å². The van der Waals surface area contributed by atoms with Gasteiger partial charge in [-0.2, -0.15) is 36.7 Å². The van der Waals surface area contributed by atoms with Gasteiger partial charge in [-0.3, -0.25) is 0 Å². The molecule has 2 rings (SSSR count). The molecule has 0 aromatic heterocycles. The fourth-order valence-corrected chi connectivity index (χ4v) is 5.08. The van der Waals surface area contributed by atoms with Crippen molar-refractivity contribution < 1.29 is 13.2 Å². The van der Waals surface area contributed by atoms with Crippen LogP contribution < -0.4 is 5.32 Å². The molecule has 1 aliphatic rings. The summed E-state index contributed by atoms with van der Waals surface area (Å²) in [5, 5.41) is 3.49. The van der Waals surface area contributed by atoms with Crippen molar-refractivity contribution in [1.82, 2.24) is 5.32 Å². The first kappa shape index (κ1) is 15.1. The van der Waals surface area contributed by atoms with E-state index < -0.39 is 11.7 Å². The largest absolute Gasteiger partial charge is 0.416 e. The summed E-state index contributed by atoms with van der Waals surface area (Å²) in [5.74, 6) is 3.17. The summed E-state index contributed by atoms with van der Waals surface area (Å²) in [7, 11) is 1.81. The molecule has 0 amide bonds. The molecule has 0 bridgehead atoms. The first-order chi connectivity index (χ1) is 9.02. The minimum absolute atomic E-state index is 0.0277. The number of rotatable bonds is 3. The van der Waals surface area contributed by atoms with Gasteiger partial charge < -0.3 is 5.32 Å². The highest BCUT2D eigenvalue weighted by atomic mass is 32.2. The molecule has 0 aliphatic carbocycles. The predicted molar refractivity (Wildman–Crippen MR) is 76.8 cm³/mol. The van der Waals surface area contributed by atoms with Crippen molar-refractivity contribution in [2.24, 2.45) is 0 Å². The number of hydrogen-bond donors (Lipinski definition) is 1. The van der Waals surface area contributed by atoms with Crippen LogP contribution in [0.3, 0.4) is 0 Å². The standard InChI is InChI=1S/C13H16F3NS2/c1-17-12(11-8-18-5-6-19-11)9-3-2-4-10(7-9)13(14,15)16/h2-4,7,11-12,17H,5-6,8H2,1H3. The van der Waals surface area contributed by atoms with Crippen molar-refractivity contribution in [3.05, 3.63) is 35.4 Å². The number of halogens is 3. The molecular weight excluding hydrogens is 291 g/mol. The molecule has 2 unspecified atom stereocenters. The molecule has 106 valence electrons. The summed E-state index contributed by atoms with van der Waals surface area (Å²) < 4.78 is 38.2. The van der Waals surface area contributed by atoms with Crippen LogP contribution in [0.1, 0.15) is 17.2 Å². The molecule has 2 atom stereocenters. The van der Waals surface area contributed by atoms with Crippen molar-refractivity contribution in [2.45, 2.75) is 17.5 Å². The van der Waals surface area contributed by atoms with Gasteiger partial charge in [0, 0.05) is 28.6 Å². The van der Waals surface area contributed by atoms with Crippen LogP contribution in [-0.4, -0.2) is 29.6 Å². The molecule has 1 nitrogen and oxygen atoms in total. The van der Waals surface area contributed by atoms with Crippen LogP contribution in [0.4, 0.5) is 13.2 Å². The van der Waals surface area contributed by atoms with Crippen LogP contribution in [0, 0.1) is 0 Å². The Kier molecular flexibility index (Phi) is 5.09. The van der Waals surface area contributed by atoms with Gasteiger partial charge in [-0.25, -0.2) is 0 Å². The van der Waals surface area contributed by atoms with Crippen molar-refractivity contribution in [2.75, 3.05) is 24.3 Å². The molecule has 0 spiro atoms. The maximum atomic E-state index is 12.7. The fraction of sp³-hybridized carbons (Fsp3) is 0.538. The van der Waals surface area contributed by atoms with Gasteiger partial charge in [-0.15, -0.1) is 0 Å². The Morgan fingerprint density at radius 1 is 1.32 bits per heavy atom. The Hall–Kier alpha value is -0.330. The normalized spacial score (nSPS) is 22.2. The predicted octanol–water partition coefficient (Wildman–Crippen LogP) is 3.81. The van der Waals surface area contributed by atoms with E-state index in [-0.39, 0.29) is 6.04 Å². The molecule has 1 saturated heterocycles. The van der Waals surface area contributed by atoms with E-state index in [9.17, 15) is 13.2 Å². The monoisotopic (exact) mass is 307 g/mol. The second-order valence-electron chi connectivity index (χ2n) is 4.37. The molecule has 1 aromatic rings. The highest BCUT2D eigenvalue weighted by molar-refractivity contribution is 8.06. The third-order valence-corrected chi connectivity index (χ3v) is 5.96. The van der Waals surface area contributed by atoms with Gasteiger partial charge in [0.05, 0.1) is 5.56 Å². The van der Waals surface area contributed by atoms with E-state index in [1.54, 1.807) is 6.07 Å². The summed E-state index contributed by atoms with van der Waals surface area (Å²) >= 11 is 3.71. The minimum atomic E-state index is -4.28. The average molecular weight is 307 g/mol. The summed E-state index contributed by atoms with van der Waals surface area (Å²) in [6.45, 7) is 0. The Bertz CT molecular complexity index is 417. The summed E-state index contributed by atoms with van der Waals surface area (Å²) in [5.41, 5.74) is 0.149. The van der Waals surface area contributed by atoms with Crippen LogP contribution >= 0.6 is 23.5 Å². The van der Waals surface area contributed by atoms with E-state index in [2.05, 4.69) is 5.32 Å². The zero-order chi connectivity index (χ0) is 13.9. The first-order valence-corrected chi connectivity index (χ1v) is 8.26. The molecule has 19 heavy (non-hydrogen) atoms. The Morgan fingerprint density at radius 3 is 2.68 bits per heavy atom. The Labute approximate surface area is 119 Å². The lowest BCUT2D eigenvalue weighted by Crippen LogP contribution is -2.31. The van der Waals surface area contributed by atoms with E-state index in [1.165, 1.54) is 12.1 Å². The molecule has 0 saturated carbocycles. The van der Waals surface area contributed by atoms with Gasteiger partial charge in [0.15, 0.2) is 0 Å². The van der Waals surface area contributed by atoms with Crippen molar-refractivity contribution >= 4 is 23.5 Å². The first-order valence-electron chi connectivity index (χ1n) is 6.06. The van der Waals surface area contributed by atoms with Crippen LogP contribution in [0.2, 0.25) is 0 Å². The Morgan fingerprint density at radius 2 is 2.11 bits per heavy atom. The fourth-order valence-electron chi connectivity index (χ4n) is 2.17. The SMILES string of the molecule is CNC(c1cccc(C(F)(F)F)c1)C1CSCCS1. The van der Waals surface area contributed by atoms with Gasteiger partial charge >= 0.3 is 6.18 Å². The van der Waals surface area contributed by atoms with Crippen molar-refractivity contribution in [3.63, 3.8) is 0 Å². The van der Waals surface area contributed by atoms with Crippen molar-refractivity contribution in [3.8, 4) is 0 Å². The van der Waals surface area contributed by atoms with Crippen LogP contribution in [0.25, 0.3) is 0 Å². The average Bonchev–Trinajstić information content (AvgIpc) is 2.40. The molecule has 1 N–H and O–H groups in total. The van der Waals surface area contributed by atoms with E-state index in [1.807, 2.05) is 30.6 Å². The summed E-state index contributed by atoms with van der Waals surface area (Å²) in [4.78, 5) is 0. The lowest BCUT2D eigenvalue weighted by atomic mass is 10.0. The third-order valence-electron chi connectivity index (χ3n) is 3.10. The number of benzene rings is 1. The highest BCUT2D eigenvalue weighted by Gasteiger charge is 2.32. The van der Waals surface area contributed by atoms with Gasteiger partial charge in [0.1, 0.15) is 0 Å². The minimum Gasteiger partial charge on any atom is -0.312 e. The topological polar surface area (TPSA) is 12.0 Å². The van der Waals surface area contributed by atoms with Crippen LogP contribution in [0.15, 0.2) is 24.3 Å². The molecule has 6 heteroatoms. The van der Waals surface area contributed by atoms with E-state index in [0.29, 0.717) is 5.25 Å². The van der Waals surface area contributed by atoms with E-state index in [0.717, 1.165) is 28.9 Å². The van der Waals surface area contributed by atoms with Crippen LogP contribution in [0.5, 0.6) is 0 Å². The number of thioether (sulfide) groups is 2. The maximum Gasteiger partial charge on any atom is 0.416 e.